The highest BCUT2D eigenvalue weighted by Gasteiger charge is 2.26. The first-order valence-electron chi connectivity index (χ1n) is 10.5. The Morgan fingerprint density at radius 1 is 1.15 bits per heavy atom. The smallest absolute Gasteiger partial charge is 0.238 e. The van der Waals surface area contributed by atoms with Gasteiger partial charge in [0.25, 0.3) is 0 Å². The van der Waals surface area contributed by atoms with E-state index in [9.17, 15) is 13.2 Å². The average Bonchev–Trinajstić information content (AvgIpc) is 3.55. The molecule has 1 aliphatic carbocycles. The zero-order chi connectivity index (χ0) is 23.9. The lowest BCUT2D eigenvalue weighted by Gasteiger charge is -2.13. The number of hydrogen-bond donors (Lipinski definition) is 2. The molecule has 1 aromatic heterocycles. The molecule has 174 valence electrons. The number of amides is 1. The fourth-order valence-corrected chi connectivity index (χ4v) is 5.40. The summed E-state index contributed by atoms with van der Waals surface area (Å²) in [5.74, 6) is 0.367. The van der Waals surface area contributed by atoms with Gasteiger partial charge in [0.05, 0.1) is 27.0 Å². The van der Waals surface area contributed by atoms with Crippen LogP contribution in [-0.4, -0.2) is 34.8 Å². The Hall–Kier alpha value is -2.92. The Bertz CT molecular complexity index is 1520. The molecule has 4 aromatic rings. The fourth-order valence-electron chi connectivity index (χ4n) is 3.85. The maximum atomic E-state index is 12.5. The zero-order valence-corrected chi connectivity index (χ0v) is 20.2. The number of nitrogens with two attached hydrogens (primary N) is 1. The molecule has 0 bridgehead atoms. The number of carbonyl (C=O) groups excluding carboxylic acids is 1. The molecule has 0 unspecified atom stereocenters. The van der Waals surface area contributed by atoms with Gasteiger partial charge in [-0.2, -0.15) is 0 Å². The van der Waals surface area contributed by atoms with Gasteiger partial charge in [-0.05, 0) is 54.0 Å². The van der Waals surface area contributed by atoms with Gasteiger partial charge in [0.15, 0.2) is 5.16 Å². The Morgan fingerprint density at radius 3 is 2.62 bits per heavy atom. The number of benzene rings is 3. The molecule has 5 rings (SSSR count). The third kappa shape index (κ3) is 4.67. The molecule has 1 aliphatic rings. The topological polar surface area (TPSA) is 120 Å². The van der Waals surface area contributed by atoms with E-state index in [1.165, 1.54) is 53.8 Å². The van der Waals surface area contributed by atoms with Crippen LogP contribution in [0.4, 0.5) is 5.69 Å². The van der Waals surface area contributed by atoms with Crippen molar-refractivity contribution >= 4 is 55.8 Å². The molecule has 8 nitrogen and oxygen atoms in total. The van der Waals surface area contributed by atoms with Gasteiger partial charge >= 0.3 is 0 Å². The number of thioether (sulfide) groups is 1. The molecule has 1 saturated carbocycles. The number of sulfonamides is 1. The van der Waals surface area contributed by atoms with Crippen LogP contribution in [0.15, 0.2) is 71.0 Å². The van der Waals surface area contributed by atoms with Gasteiger partial charge in [0.2, 0.25) is 15.9 Å². The van der Waals surface area contributed by atoms with Gasteiger partial charge in [-0.15, -0.1) is 10.2 Å². The number of nitrogens with zero attached hydrogens (tertiary/aromatic N) is 3. The van der Waals surface area contributed by atoms with Crippen LogP contribution in [0.2, 0.25) is 5.02 Å². The lowest BCUT2D eigenvalue weighted by atomic mass is 9.99. The summed E-state index contributed by atoms with van der Waals surface area (Å²) >= 11 is 7.35. The lowest BCUT2D eigenvalue weighted by molar-refractivity contribution is -0.113. The molecule has 0 saturated heterocycles. The summed E-state index contributed by atoms with van der Waals surface area (Å²) in [5, 5.41) is 19.0. The van der Waals surface area contributed by atoms with Crippen molar-refractivity contribution in [2.75, 3.05) is 11.1 Å². The molecular formula is C23H20ClN5O3S2. The van der Waals surface area contributed by atoms with Crippen LogP contribution >= 0.6 is 23.4 Å². The predicted molar refractivity (Wildman–Crippen MR) is 133 cm³/mol. The second kappa shape index (κ2) is 9.03. The molecule has 1 amide bonds. The first-order chi connectivity index (χ1) is 16.3. The molecule has 11 heteroatoms. The van der Waals surface area contributed by atoms with Crippen molar-refractivity contribution in [3.8, 4) is 5.69 Å². The van der Waals surface area contributed by atoms with Crippen LogP contribution < -0.4 is 10.5 Å². The van der Waals surface area contributed by atoms with Crippen molar-refractivity contribution in [3.63, 3.8) is 0 Å². The summed E-state index contributed by atoms with van der Waals surface area (Å²) in [4.78, 5) is 12.4. The number of hydrogen-bond acceptors (Lipinski definition) is 6. The molecule has 3 aromatic carbocycles. The van der Waals surface area contributed by atoms with E-state index in [1.54, 1.807) is 6.33 Å². The number of halogens is 1. The van der Waals surface area contributed by atoms with E-state index in [0.29, 0.717) is 16.8 Å². The maximum Gasteiger partial charge on any atom is 0.238 e. The largest absolute Gasteiger partial charge is 0.324 e. The van der Waals surface area contributed by atoms with Gasteiger partial charge in [-0.1, -0.05) is 53.7 Å². The van der Waals surface area contributed by atoms with E-state index in [0.717, 1.165) is 11.1 Å². The first kappa shape index (κ1) is 22.9. The Labute approximate surface area is 205 Å². The molecule has 3 N–H and O–H groups in total. The Kier molecular flexibility index (Phi) is 6.07. The molecule has 0 atom stereocenters. The van der Waals surface area contributed by atoms with Crippen LogP contribution in [-0.2, 0) is 14.8 Å². The number of anilines is 1. The SMILES string of the molecule is NS(=O)(=O)c1ccc(NC(=O)CSc2nncn2-c2ccc(C3CC3)c3ccccc23)c(Cl)c1. The number of fused-ring (bicyclic) bond motifs is 1. The van der Waals surface area contributed by atoms with Crippen molar-refractivity contribution in [2.45, 2.75) is 28.8 Å². The number of carbonyl (C=O) groups is 1. The minimum Gasteiger partial charge on any atom is -0.324 e. The van der Waals surface area contributed by atoms with Gasteiger partial charge in [-0.3, -0.25) is 9.36 Å². The van der Waals surface area contributed by atoms with Crippen LogP contribution in [0.5, 0.6) is 0 Å². The summed E-state index contributed by atoms with van der Waals surface area (Å²) in [6.45, 7) is 0. The van der Waals surface area contributed by atoms with Crippen LogP contribution in [0.1, 0.15) is 24.3 Å². The second-order valence-corrected chi connectivity index (χ2v) is 10.9. The molecule has 0 aliphatic heterocycles. The third-order valence-electron chi connectivity index (χ3n) is 5.60. The van der Waals surface area contributed by atoms with Crippen molar-refractivity contribution in [1.29, 1.82) is 0 Å². The number of nitrogens with one attached hydrogen (secondary N) is 1. The van der Waals surface area contributed by atoms with Crippen molar-refractivity contribution < 1.29 is 13.2 Å². The highest BCUT2D eigenvalue weighted by Crippen LogP contribution is 2.44. The van der Waals surface area contributed by atoms with E-state index in [4.69, 9.17) is 16.7 Å². The zero-order valence-electron chi connectivity index (χ0n) is 17.8. The average molecular weight is 514 g/mol. The summed E-state index contributed by atoms with van der Waals surface area (Å²) in [6, 6.07) is 16.4. The lowest BCUT2D eigenvalue weighted by Crippen LogP contribution is -2.16. The highest BCUT2D eigenvalue weighted by atomic mass is 35.5. The summed E-state index contributed by atoms with van der Waals surface area (Å²) < 4.78 is 24.8. The summed E-state index contributed by atoms with van der Waals surface area (Å²) in [6.07, 6.45) is 4.09. The summed E-state index contributed by atoms with van der Waals surface area (Å²) in [7, 11) is -3.88. The minimum atomic E-state index is -3.88. The number of aromatic nitrogens is 3. The van der Waals surface area contributed by atoms with Crippen molar-refractivity contribution in [2.24, 2.45) is 5.14 Å². The van der Waals surface area contributed by atoms with Crippen LogP contribution in [0.25, 0.3) is 16.5 Å². The van der Waals surface area contributed by atoms with E-state index < -0.39 is 10.0 Å². The monoisotopic (exact) mass is 513 g/mol. The van der Waals surface area contributed by atoms with E-state index in [-0.39, 0.29) is 21.6 Å². The van der Waals surface area contributed by atoms with Crippen molar-refractivity contribution in [1.82, 2.24) is 14.8 Å². The van der Waals surface area contributed by atoms with Crippen molar-refractivity contribution in [3.05, 3.63) is 71.5 Å². The molecule has 1 heterocycles. The van der Waals surface area contributed by atoms with Gasteiger partial charge < -0.3 is 5.32 Å². The number of primary sulfonamides is 1. The molecule has 34 heavy (non-hydrogen) atoms. The molecular weight excluding hydrogens is 494 g/mol. The molecule has 1 fully saturated rings. The van der Waals surface area contributed by atoms with Crippen LogP contribution in [0, 0.1) is 0 Å². The van der Waals surface area contributed by atoms with E-state index >= 15 is 0 Å². The quantitative estimate of drug-likeness (QED) is 0.355. The van der Waals surface area contributed by atoms with Crippen LogP contribution in [0.3, 0.4) is 0 Å². The third-order valence-corrected chi connectivity index (χ3v) is 7.77. The Balaban J connectivity index is 1.33. The standard InChI is InChI=1S/C23H20ClN5O3S2/c24-19-11-15(34(25,31)32)7-9-20(19)27-22(30)12-33-23-28-26-13-29(23)21-10-8-16(14-5-6-14)17-3-1-2-4-18(17)21/h1-4,7-11,13-14H,5-6,12H2,(H,27,30)(H2,25,31,32). The fraction of sp³-hybridized carbons (Fsp3) is 0.174. The Morgan fingerprint density at radius 2 is 1.91 bits per heavy atom. The van der Waals surface area contributed by atoms with E-state index in [2.05, 4.69) is 39.8 Å². The van der Waals surface area contributed by atoms with Gasteiger partial charge in [0, 0.05) is 5.39 Å². The molecule has 0 spiro atoms. The minimum absolute atomic E-state index is 0.0596. The van der Waals surface area contributed by atoms with Gasteiger partial charge in [0.1, 0.15) is 6.33 Å². The predicted octanol–water partition coefficient (Wildman–Crippen LogP) is 4.33. The normalized spacial score (nSPS) is 13.8. The highest BCUT2D eigenvalue weighted by molar-refractivity contribution is 7.99. The van der Waals surface area contributed by atoms with E-state index in [1.807, 2.05) is 16.7 Å². The molecule has 0 radical (unpaired) electrons. The number of rotatable bonds is 7. The first-order valence-corrected chi connectivity index (χ1v) is 13.4. The maximum absolute atomic E-state index is 12.5. The summed E-state index contributed by atoms with van der Waals surface area (Å²) in [5.41, 5.74) is 2.61. The second-order valence-electron chi connectivity index (χ2n) is 8.00. The van der Waals surface area contributed by atoms with Gasteiger partial charge in [-0.25, -0.2) is 13.6 Å².